The smallest absolute Gasteiger partial charge is 0.245 e. The van der Waals surface area contributed by atoms with E-state index in [2.05, 4.69) is 20.6 Å². The van der Waals surface area contributed by atoms with Crippen LogP contribution in [0.4, 0.5) is 5.82 Å². The molecule has 2 aromatic heterocycles. The molecular weight excluding hydrogens is 294 g/mol. The predicted molar refractivity (Wildman–Crippen MR) is 86.8 cm³/mol. The van der Waals surface area contributed by atoms with E-state index in [9.17, 15) is 4.79 Å². The van der Waals surface area contributed by atoms with Crippen molar-refractivity contribution in [1.29, 1.82) is 0 Å². The Morgan fingerprint density at radius 2 is 2.17 bits per heavy atom. The number of hydrogen-bond acceptors (Lipinski definition) is 5. The molecule has 1 amide bonds. The lowest BCUT2D eigenvalue weighted by atomic mass is 9.86. The summed E-state index contributed by atoms with van der Waals surface area (Å²) in [6.45, 7) is 2.43. The van der Waals surface area contributed by atoms with Crippen molar-refractivity contribution >= 4 is 11.7 Å². The molecule has 7 nitrogen and oxygen atoms in total. The highest BCUT2D eigenvalue weighted by molar-refractivity contribution is 5.89. The van der Waals surface area contributed by atoms with E-state index in [1.165, 1.54) is 0 Å². The van der Waals surface area contributed by atoms with E-state index in [0.29, 0.717) is 0 Å². The standard InChI is InChI=1S/C16H23N5O2/c1-17-15(22)16(18-14-5-8-20(2)19-14)6-9-21(10-7-16)12-13-4-3-11-23-13/h3-5,8,11H,6-7,9-10,12H2,1-2H3,(H,17,22)(H,18,19). The largest absolute Gasteiger partial charge is 0.468 e. The summed E-state index contributed by atoms with van der Waals surface area (Å²) in [6.07, 6.45) is 5.01. The van der Waals surface area contributed by atoms with E-state index < -0.39 is 5.54 Å². The second-order valence-electron chi connectivity index (χ2n) is 6.02. The van der Waals surface area contributed by atoms with E-state index in [0.717, 1.165) is 44.1 Å². The maximum atomic E-state index is 12.5. The van der Waals surface area contributed by atoms with E-state index in [1.54, 1.807) is 18.0 Å². The molecule has 23 heavy (non-hydrogen) atoms. The third kappa shape index (κ3) is 3.39. The molecule has 0 atom stereocenters. The number of nitrogens with one attached hydrogen (secondary N) is 2. The van der Waals surface area contributed by atoms with Crippen LogP contribution in [0.2, 0.25) is 0 Å². The van der Waals surface area contributed by atoms with Crippen molar-refractivity contribution in [2.24, 2.45) is 7.05 Å². The molecule has 2 N–H and O–H groups in total. The summed E-state index contributed by atoms with van der Waals surface area (Å²) in [4.78, 5) is 14.8. The van der Waals surface area contributed by atoms with Gasteiger partial charge in [0.15, 0.2) is 0 Å². The number of anilines is 1. The number of rotatable bonds is 5. The summed E-state index contributed by atoms with van der Waals surface area (Å²) in [5.74, 6) is 1.70. The van der Waals surface area contributed by atoms with Crippen molar-refractivity contribution in [3.8, 4) is 0 Å². The first kappa shape index (κ1) is 15.6. The van der Waals surface area contributed by atoms with Gasteiger partial charge in [-0.2, -0.15) is 5.10 Å². The van der Waals surface area contributed by atoms with Gasteiger partial charge in [-0.15, -0.1) is 0 Å². The Hall–Kier alpha value is -2.28. The maximum absolute atomic E-state index is 12.5. The SMILES string of the molecule is CNC(=O)C1(Nc2ccn(C)n2)CCN(Cc2ccco2)CC1. The number of aryl methyl sites for hydroxylation is 1. The highest BCUT2D eigenvalue weighted by Crippen LogP contribution is 2.27. The van der Waals surface area contributed by atoms with E-state index in [4.69, 9.17) is 4.42 Å². The molecule has 1 aliphatic rings. The zero-order valence-corrected chi connectivity index (χ0v) is 13.6. The number of carbonyl (C=O) groups excluding carboxylic acids is 1. The molecule has 0 aliphatic carbocycles. The average Bonchev–Trinajstić information content (AvgIpc) is 3.20. The van der Waals surface area contributed by atoms with Crippen LogP contribution in [-0.4, -0.2) is 46.3 Å². The van der Waals surface area contributed by atoms with Crippen LogP contribution >= 0.6 is 0 Å². The third-order valence-electron chi connectivity index (χ3n) is 4.41. The summed E-state index contributed by atoms with van der Waals surface area (Å²) in [5.41, 5.74) is -0.608. The van der Waals surface area contributed by atoms with Gasteiger partial charge in [0.1, 0.15) is 17.1 Å². The molecule has 1 fully saturated rings. The zero-order chi connectivity index (χ0) is 16.3. The van der Waals surface area contributed by atoms with Gasteiger partial charge in [-0.3, -0.25) is 14.4 Å². The number of likely N-dealkylation sites (tertiary alicyclic amines) is 1. The Labute approximate surface area is 135 Å². The topological polar surface area (TPSA) is 75.3 Å². The number of hydrogen-bond donors (Lipinski definition) is 2. The normalized spacial score (nSPS) is 17.8. The van der Waals surface area contributed by atoms with Crippen LogP contribution in [0, 0.1) is 0 Å². The Morgan fingerprint density at radius 1 is 1.39 bits per heavy atom. The lowest BCUT2D eigenvalue weighted by Crippen LogP contribution is -2.57. The first-order valence-corrected chi connectivity index (χ1v) is 7.86. The minimum atomic E-state index is -0.608. The van der Waals surface area contributed by atoms with Gasteiger partial charge in [-0.05, 0) is 25.0 Å². The summed E-state index contributed by atoms with van der Waals surface area (Å²) in [6, 6.07) is 5.77. The summed E-state index contributed by atoms with van der Waals surface area (Å²) in [5, 5.41) is 10.5. The van der Waals surface area contributed by atoms with Crippen LogP contribution in [-0.2, 0) is 18.4 Å². The molecule has 3 rings (SSSR count). The van der Waals surface area contributed by atoms with Gasteiger partial charge in [0.25, 0.3) is 0 Å². The molecule has 124 valence electrons. The quantitative estimate of drug-likeness (QED) is 0.867. The summed E-state index contributed by atoms with van der Waals surface area (Å²) >= 11 is 0. The van der Waals surface area contributed by atoms with Crippen molar-refractivity contribution in [1.82, 2.24) is 20.0 Å². The molecule has 0 saturated carbocycles. The molecule has 1 saturated heterocycles. The predicted octanol–water partition coefficient (Wildman–Crippen LogP) is 1.21. The molecule has 0 aromatic carbocycles. The van der Waals surface area contributed by atoms with Gasteiger partial charge in [0.05, 0.1) is 12.8 Å². The Balaban J connectivity index is 1.68. The fourth-order valence-corrected chi connectivity index (χ4v) is 3.09. The average molecular weight is 317 g/mol. The van der Waals surface area contributed by atoms with Gasteiger partial charge < -0.3 is 15.1 Å². The monoisotopic (exact) mass is 317 g/mol. The first-order valence-electron chi connectivity index (χ1n) is 7.86. The highest BCUT2D eigenvalue weighted by atomic mass is 16.3. The van der Waals surface area contributed by atoms with Gasteiger partial charge in [0.2, 0.25) is 5.91 Å². The van der Waals surface area contributed by atoms with Crippen molar-refractivity contribution in [2.45, 2.75) is 24.9 Å². The molecule has 0 bridgehead atoms. The van der Waals surface area contributed by atoms with Crippen molar-refractivity contribution < 1.29 is 9.21 Å². The number of piperidine rings is 1. The number of furan rings is 1. The van der Waals surface area contributed by atoms with Crippen LogP contribution in [0.25, 0.3) is 0 Å². The molecular formula is C16H23N5O2. The lowest BCUT2D eigenvalue weighted by molar-refractivity contribution is -0.126. The van der Waals surface area contributed by atoms with E-state index >= 15 is 0 Å². The maximum Gasteiger partial charge on any atom is 0.245 e. The van der Waals surface area contributed by atoms with Crippen molar-refractivity contribution in [3.05, 3.63) is 36.4 Å². The molecule has 2 aromatic rings. The summed E-state index contributed by atoms with van der Waals surface area (Å²) < 4.78 is 7.13. The zero-order valence-electron chi connectivity index (χ0n) is 13.6. The fourth-order valence-electron chi connectivity index (χ4n) is 3.09. The molecule has 0 unspecified atom stereocenters. The minimum Gasteiger partial charge on any atom is -0.468 e. The number of aromatic nitrogens is 2. The first-order chi connectivity index (χ1) is 11.1. The Morgan fingerprint density at radius 3 is 2.74 bits per heavy atom. The van der Waals surface area contributed by atoms with Gasteiger partial charge in [-0.1, -0.05) is 0 Å². The number of nitrogens with zero attached hydrogens (tertiary/aromatic N) is 3. The van der Waals surface area contributed by atoms with Crippen LogP contribution in [0.1, 0.15) is 18.6 Å². The van der Waals surface area contributed by atoms with Crippen LogP contribution in [0.15, 0.2) is 35.1 Å². The molecule has 0 spiro atoms. The number of likely N-dealkylation sites (N-methyl/N-ethyl adjacent to an activating group) is 1. The van der Waals surface area contributed by atoms with Crippen LogP contribution in [0.3, 0.4) is 0 Å². The van der Waals surface area contributed by atoms with Crippen LogP contribution < -0.4 is 10.6 Å². The Bertz CT molecular complexity index is 641. The molecule has 3 heterocycles. The number of amides is 1. The second-order valence-corrected chi connectivity index (χ2v) is 6.02. The molecule has 0 radical (unpaired) electrons. The van der Waals surface area contributed by atoms with Gasteiger partial charge >= 0.3 is 0 Å². The Kier molecular flexibility index (Phi) is 4.38. The van der Waals surface area contributed by atoms with E-state index in [1.807, 2.05) is 31.4 Å². The van der Waals surface area contributed by atoms with E-state index in [-0.39, 0.29) is 5.91 Å². The lowest BCUT2D eigenvalue weighted by Gasteiger charge is -2.40. The van der Waals surface area contributed by atoms with Crippen molar-refractivity contribution in [3.63, 3.8) is 0 Å². The van der Waals surface area contributed by atoms with Gasteiger partial charge in [0, 0.05) is 39.4 Å². The minimum absolute atomic E-state index is 0.0146. The number of carbonyl (C=O) groups is 1. The van der Waals surface area contributed by atoms with Gasteiger partial charge in [-0.25, -0.2) is 0 Å². The molecule has 1 aliphatic heterocycles. The van der Waals surface area contributed by atoms with Crippen molar-refractivity contribution in [2.75, 3.05) is 25.5 Å². The highest BCUT2D eigenvalue weighted by Gasteiger charge is 2.41. The van der Waals surface area contributed by atoms with Crippen LogP contribution in [0.5, 0.6) is 0 Å². The fraction of sp³-hybridized carbons (Fsp3) is 0.500. The third-order valence-corrected chi connectivity index (χ3v) is 4.41. The summed E-state index contributed by atoms with van der Waals surface area (Å²) in [7, 11) is 3.54. The molecule has 7 heteroatoms. The second kappa shape index (κ2) is 6.45.